The summed E-state index contributed by atoms with van der Waals surface area (Å²) in [5.41, 5.74) is 0. The Kier molecular flexibility index (Phi) is 4.11. The lowest BCUT2D eigenvalue weighted by Gasteiger charge is -2.41. The maximum Gasteiger partial charge on any atom is -0.0355 e. The highest BCUT2D eigenvalue weighted by atomic mass is 14.4. The molecule has 0 heterocycles. The van der Waals surface area contributed by atoms with Crippen molar-refractivity contribution in [1.82, 2.24) is 0 Å². The zero-order valence-corrected chi connectivity index (χ0v) is 10.7. The van der Waals surface area contributed by atoms with Gasteiger partial charge in [-0.3, -0.25) is 0 Å². The molecule has 0 aromatic heterocycles. The van der Waals surface area contributed by atoms with Crippen molar-refractivity contribution in [2.75, 3.05) is 0 Å². The normalized spacial score (nSPS) is 34.6. The molecular formula is C15H28. The van der Waals surface area contributed by atoms with Crippen LogP contribution >= 0.6 is 0 Å². The summed E-state index contributed by atoms with van der Waals surface area (Å²) >= 11 is 0. The van der Waals surface area contributed by atoms with Crippen LogP contribution in [0.1, 0.15) is 71.6 Å². The third kappa shape index (κ3) is 2.77. The molecule has 0 spiro atoms. The second-order valence-corrected chi connectivity index (χ2v) is 6.25. The molecule has 0 aliphatic heterocycles. The van der Waals surface area contributed by atoms with E-state index in [1.807, 2.05) is 0 Å². The van der Waals surface area contributed by atoms with Crippen molar-refractivity contribution < 1.29 is 0 Å². The van der Waals surface area contributed by atoms with E-state index < -0.39 is 0 Å². The Hall–Kier alpha value is 0. The first-order valence-electron chi connectivity index (χ1n) is 7.29. The van der Waals surface area contributed by atoms with E-state index in [4.69, 9.17) is 0 Å². The van der Waals surface area contributed by atoms with Gasteiger partial charge in [-0.25, -0.2) is 0 Å². The monoisotopic (exact) mass is 208 g/mol. The van der Waals surface area contributed by atoms with E-state index in [0.717, 1.165) is 23.7 Å². The predicted octanol–water partition coefficient (Wildman–Crippen LogP) is 5.03. The SMILES string of the molecule is CC(C)[C@@H]1CCCC[C@H]1C1CCCCC1. The average Bonchev–Trinajstić information content (AvgIpc) is 2.30. The van der Waals surface area contributed by atoms with Crippen LogP contribution in [0.4, 0.5) is 0 Å². The highest BCUT2D eigenvalue weighted by Gasteiger charge is 2.33. The van der Waals surface area contributed by atoms with Crippen molar-refractivity contribution >= 4 is 0 Å². The molecule has 15 heavy (non-hydrogen) atoms. The standard InChI is InChI=1S/C15H28/c1-12(2)14-10-6-7-11-15(14)13-8-4-3-5-9-13/h12-15H,3-11H2,1-2H3/t14-,15-/m0/s1. The number of hydrogen-bond acceptors (Lipinski definition) is 0. The lowest BCUT2D eigenvalue weighted by molar-refractivity contribution is 0.0968. The van der Waals surface area contributed by atoms with Crippen LogP contribution < -0.4 is 0 Å². The van der Waals surface area contributed by atoms with Crippen LogP contribution in [-0.2, 0) is 0 Å². The minimum Gasteiger partial charge on any atom is -0.0625 e. The maximum absolute atomic E-state index is 2.45. The molecule has 0 aromatic rings. The first-order chi connectivity index (χ1) is 7.29. The molecule has 0 nitrogen and oxygen atoms in total. The van der Waals surface area contributed by atoms with E-state index in [2.05, 4.69) is 13.8 Å². The Labute approximate surface area is 95.8 Å². The van der Waals surface area contributed by atoms with E-state index in [0.29, 0.717) is 0 Å². The lowest BCUT2D eigenvalue weighted by atomic mass is 9.65. The van der Waals surface area contributed by atoms with Crippen LogP contribution in [-0.4, -0.2) is 0 Å². The molecule has 2 rings (SSSR count). The zero-order valence-electron chi connectivity index (χ0n) is 10.7. The largest absolute Gasteiger partial charge is 0.0625 e. The Balaban J connectivity index is 1.96. The molecule has 2 aliphatic carbocycles. The van der Waals surface area contributed by atoms with Crippen LogP contribution in [0, 0.1) is 23.7 Å². The predicted molar refractivity (Wildman–Crippen MR) is 66.9 cm³/mol. The van der Waals surface area contributed by atoms with E-state index >= 15 is 0 Å². The van der Waals surface area contributed by atoms with Gasteiger partial charge in [0.05, 0.1) is 0 Å². The highest BCUT2D eigenvalue weighted by Crippen LogP contribution is 2.44. The van der Waals surface area contributed by atoms with E-state index in [1.165, 1.54) is 38.5 Å². The average molecular weight is 208 g/mol. The fourth-order valence-electron chi connectivity index (χ4n) is 4.16. The second kappa shape index (κ2) is 5.37. The quantitative estimate of drug-likeness (QED) is 0.597. The van der Waals surface area contributed by atoms with Crippen LogP contribution in [0.2, 0.25) is 0 Å². The first kappa shape index (κ1) is 11.5. The van der Waals surface area contributed by atoms with Crippen LogP contribution in [0.25, 0.3) is 0 Å². The van der Waals surface area contributed by atoms with Crippen molar-refractivity contribution in [1.29, 1.82) is 0 Å². The van der Waals surface area contributed by atoms with E-state index in [1.54, 1.807) is 19.3 Å². The molecule has 2 aliphatic rings. The molecule has 0 unspecified atom stereocenters. The molecule has 0 N–H and O–H groups in total. The maximum atomic E-state index is 2.45. The molecule has 0 radical (unpaired) electrons. The van der Waals surface area contributed by atoms with Crippen LogP contribution in [0.3, 0.4) is 0 Å². The summed E-state index contributed by atoms with van der Waals surface area (Å²) in [4.78, 5) is 0. The van der Waals surface area contributed by atoms with Gasteiger partial charge in [-0.2, -0.15) is 0 Å². The molecule has 2 saturated carbocycles. The molecule has 0 aromatic carbocycles. The van der Waals surface area contributed by atoms with Crippen LogP contribution in [0.15, 0.2) is 0 Å². The number of rotatable bonds is 2. The fourth-order valence-corrected chi connectivity index (χ4v) is 4.16. The summed E-state index contributed by atoms with van der Waals surface area (Å²) in [5.74, 6) is 4.18. The topological polar surface area (TPSA) is 0 Å². The molecule has 88 valence electrons. The summed E-state index contributed by atoms with van der Waals surface area (Å²) in [5, 5.41) is 0. The van der Waals surface area contributed by atoms with Crippen molar-refractivity contribution in [3.63, 3.8) is 0 Å². The summed E-state index contributed by atoms with van der Waals surface area (Å²) in [6.45, 7) is 4.90. The minimum absolute atomic E-state index is 0.928. The Morgan fingerprint density at radius 3 is 2.00 bits per heavy atom. The van der Waals surface area contributed by atoms with Crippen LogP contribution in [0.5, 0.6) is 0 Å². The highest BCUT2D eigenvalue weighted by molar-refractivity contribution is 4.84. The first-order valence-corrected chi connectivity index (χ1v) is 7.29. The molecule has 0 heteroatoms. The van der Waals surface area contributed by atoms with Gasteiger partial charge in [0, 0.05) is 0 Å². The van der Waals surface area contributed by atoms with E-state index in [-0.39, 0.29) is 0 Å². The Morgan fingerprint density at radius 2 is 1.33 bits per heavy atom. The van der Waals surface area contributed by atoms with E-state index in [9.17, 15) is 0 Å². The van der Waals surface area contributed by atoms with Gasteiger partial charge in [0.1, 0.15) is 0 Å². The second-order valence-electron chi connectivity index (χ2n) is 6.25. The third-order valence-electron chi connectivity index (χ3n) is 4.99. The van der Waals surface area contributed by atoms with Gasteiger partial charge in [0.25, 0.3) is 0 Å². The zero-order chi connectivity index (χ0) is 10.7. The van der Waals surface area contributed by atoms with Gasteiger partial charge in [0.15, 0.2) is 0 Å². The van der Waals surface area contributed by atoms with Gasteiger partial charge in [-0.15, -0.1) is 0 Å². The number of hydrogen-bond donors (Lipinski definition) is 0. The fraction of sp³-hybridized carbons (Fsp3) is 1.00. The van der Waals surface area contributed by atoms with Crippen molar-refractivity contribution in [3.05, 3.63) is 0 Å². The molecule has 2 atom stereocenters. The van der Waals surface area contributed by atoms with Gasteiger partial charge in [-0.05, 0) is 36.5 Å². The smallest absolute Gasteiger partial charge is 0.0355 e. The van der Waals surface area contributed by atoms with Crippen molar-refractivity contribution in [2.24, 2.45) is 23.7 Å². The molecule has 0 saturated heterocycles. The molecule has 0 bridgehead atoms. The molecule has 0 amide bonds. The van der Waals surface area contributed by atoms with Crippen molar-refractivity contribution in [2.45, 2.75) is 71.6 Å². The summed E-state index contributed by atoms with van der Waals surface area (Å²) in [6, 6.07) is 0. The van der Waals surface area contributed by atoms with Gasteiger partial charge in [0.2, 0.25) is 0 Å². The Morgan fingerprint density at radius 1 is 0.733 bits per heavy atom. The minimum atomic E-state index is 0.928. The van der Waals surface area contributed by atoms with Crippen molar-refractivity contribution in [3.8, 4) is 0 Å². The van der Waals surface area contributed by atoms with Gasteiger partial charge in [-0.1, -0.05) is 58.8 Å². The lowest BCUT2D eigenvalue weighted by Crippen LogP contribution is -2.31. The summed E-state index contributed by atoms with van der Waals surface area (Å²) < 4.78 is 0. The molecular weight excluding hydrogens is 180 g/mol. The third-order valence-corrected chi connectivity index (χ3v) is 4.99. The van der Waals surface area contributed by atoms with Gasteiger partial charge < -0.3 is 0 Å². The molecule has 2 fully saturated rings. The Bertz CT molecular complexity index is 176. The van der Waals surface area contributed by atoms with Gasteiger partial charge >= 0.3 is 0 Å². The summed E-state index contributed by atoms with van der Waals surface area (Å²) in [6.07, 6.45) is 13.7. The summed E-state index contributed by atoms with van der Waals surface area (Å²) in [7, 11) is 0.